The number of carbonyl (C=O) groups is 1. The fourth-order valence-electron chi connectivity index (χ4n) is 2.89. The molecule has 7 nitrogen and oxygen atoms in total. The van der Waals surface area contributed by atoms with Gasteiger partial charge in [-0.05, 0) is 43.2 Å². The summed E-state index contributed by atoms with van der Waals surface area (Å²) in [7, 11) is 3.30. The van der Waals surface area contributed by atoms with E-state index in [1.54, 1.807) is 14.2 Å². The van der Waals surface area contributed by atoms with Crippen molar-refractivity contribution in [2.75, 3.05) is 14.2 Å². The van der Waals surface area contributed by atoms with Crippen LogP contribution in [0.5, 0.6) is 11.5 Å². The number of carbonyl (C=O) groups excluding carboxylic acids is 1. The third-order valence-corrected chi connectivity index (χ3v) is 4.46. The van der Waals surface area contributed by atoms with Crippen LogP contribution in [0.15, 0.2) is 53.1 Å². The van der Waals surface area contributed by atoms with E-state index in [2.05, 4.69) is 10.1 Å². The molecule has 3 rings (SSSR count). The highest BCUT2D eigenvalue weighted by Crippen LogP contribution is 2.22. The molecule has 0 aliphatic carbocycles. The summed E-state index contributed by atoms with van der Waals surface area (Å²) in [5, 5.41) is 4.01. The van der Waals surface area contributed by atoms with Gasteiger partial charge in [0.15, 0.2) is 6.10 Å². The first-order valence-electron chi connectivity index (χ1n) is 9.45. The summed E-state index contributed by atoms with van der Waals surface area (Å²) in [5.41, 5.74) is 1.86. The average molecular weight is 395 g/mol. The summed E-state index contributed by atoms with van der Waals surface area (Å²) >= 11 is 0. The second-order valence-corrected chi connectivity index (χ2v) is 6.77. The van der Waals surface area contributed by atoms with Crippen molar-refractivity contribution in [3.05, 3.63) is 60.0 Å². The van der Waals surface area contributed by atoms with Crippen LogP contribution in [0.4, 0.5) is 0 Å². The van der Waals surface area contributed by atoms with Crippen molar-refractivity contribution in [2.45, 2.75) is 32.9 Å². The Morgan fingerprint density at radius 2 is 1.93 bits per heavy atom. The highest BCUT2D eigenvalue weighted by Gasteiger charge is 2.24. The lowest BCUT2D eigenvalue weighted by Gasteiger charge is -2.22. The minimum absolute atomic E-state index is 0.143. The first-order chi connectivity index (χ1) is 14.0. The molecule has 0 aliphatic heterocycles. The number of nitrogens with zero attached hydrogens (tertiary/aromatic N) is 3. The van der Waals surface area contributed by atoms with Crippen LogP contribution in [-0.4, -0.2) is 41.2 Å². The molecule has 0 N–H and O–H groups in total. The van der Waals surface area contributed by atoms with E-state index in [9.17, 15) is 4.79 Å². The number of amides is 1. The first-order valence-corrected chi connectivity index (χ1v) is 9.45. The topological polar surface area (TPSA) is 77.7 Å². The molecule has 0 saturated carbocycles. The third kappa shape index (κ3) is 5.13. The van der Waals surface area contributed by atoms with Crippen molar-refractivity contribution in [3.63, 3.8) is 0 Å². The van der Waals surface area contributed by atoms with Crippen LogP contribution in [0.2, 0.25) is 0 Å². The molecule has 1 aromatic heterocycles. The van der Waals surface area contributed by atoms with Gasteiger partial charge in [-0.15, -0.1) is 0 Å². The zero-order chi connectivity index (χ0) is 20.8. The Bertz CT molecular complexity index is 970. The number of benzene rings is 2. The van der Waals surface area contributed by atoms with Crippen molar-refractivity contribution in [3.8, 4) is 22.9 Å². The van der Waals surface area contributed by atoms with Gasteiger partial charge in [0, 0.05) is 12.6 Å². The van der Waals surface area contributed by atoms with Crippen molar-refractivity contribution in [1.29, 1.82) is 0 Å². The van der Waals surface area contributed by atoms with Gasteiger partial charge in [0.2, 0.25) is 11.7 Å². The van der Waals surface area contributed by atoms with Gasteiger partial charge >= 0.3 is 0 Å². The van der Waals surface area contributed by atoms with Gasteiger partial charge in [-0.3, -0.25) is 4.79 Å². The number of hydrogen-bond acceptors (Lipinski definition) is 6. The minimum Gasteiger partial charge on any atom is -0.497 e. The molecule has 0 radical (unpaired) electrons. The van der Waals surface area contributed by atoms with Gasteiger partial charge in [-0.25, -0.2) is 0 Å². The molecule has 0 spiro atoms. The molecule has 152 valence electrons. The second-order valence-electron chi connectivity index (χ2n) is 6.77. The van der Waals surface area contributed by atoms with E-state index in [0.717, 1.165) is 11.1 Å². The molecule has 0 fully saturated rings. The van der Waals surface area contributed by atoms with Crippen molar-refractivity contribution in [2.24, 2.45) is 0 Å². The monoisotopic (exact) mass is 395 g/mol. The van der Waals surface area contributed by atoms with Crippen LogP contribution >= 0.6 is 0 Å². The third-order valence-electron chi connectivity index (χ3n) is 4.46. The van der Waals surface area contributed by atoms with Crippen LogP contribution < -0.4 is 9.47 Å². The number of ether oxygens (including phenoxy) is 2. The largest absolute Gasteiger partial charge is 0.497 e. The van der Waals surface area contributed by atoms with Gasteiger partial charge in [-0.2, -0.15) is 4.98 Å². The van der Waals surface area contributed by atoms with Crippen LogP contribution in [0, 0.1) is 6.92 Å². The number of aromatic nitrogens is 2. The number of likely N-dealkylation sites (N-methyl/N-ethyl adjacent to an activating group) is 1. The van der Waals surface area contributed by atoms with E-state index < -0.39 is 6.10 Å². The lowest BCUT2D eigenvalue weighted by Crippen LogP contribution is -2.39. The van der Waals surface area contributed by atoms with Crippen molar-refractivity contribution in [1.82, 2.24) is 15.0 Å². The Morgan fingerprint density at radius 1 is 1.17 bits per heavy atom. The predicted molar refractivity (Wildman–Crippen MR) is 109 cm³/mol. The molecular weight excluding hydrogens is 370 g/mol. The van der Waals surface area contributed by atoms with Gasteiger partial charge in [0.25, 0.3) is 5.91 Å². The zero-order valence-corrected chi connectivity index (χ0v) is 17.1. The number of hydrogen-bond donors (Lipinski definition) is 0. The molecule has 0 unspecified atom stereocenters. The van der Waals surface area contributed by atoms with Crippen LogP contribution in [0.3, 0.4) is 0 Å². The van der Waals surface area contributed by atoms with Gasteiger partial charge in [0.05, 0.1) is 13.7 Å². The number of aryl methyl sites for hydroxylation is 1. The Hall–Kier alpha value is -3.35. The van der Waals surface area contributed by atoms with Crippen LogP contribution in [-0.2, 0) is 11.3 Å². The van der Waals surface area contributed by atoms with E-state index in [4.69, 9.17) is 14.0 Å². The summed E-state index contributed by atoms with van der Waals surface area (Å²) in [6.45, 7) is 4.10. The molecule has 1 heterocycles. The van der Waals surface area contributed by atoms with E-state index in [-0.39, 0.29) is 12.5 Å². The fourth-order valence-corrected chi connectivity index (χ4v) is 2.89. The Morgan fingerprint density at radius 3 is 2.66 bits per heavy atom. The summed E-state index contributed by atoms with van der Waals surface area (Å²) in [4.78, 5) is 18.7. The van der Waals surface area contributed by atoms with Gasteiger partial charge in [-0.1, -0.05) is 36.3 Å². The normalized spacial score (nSPS) is 11.7. The Labute approximate surface area is 170 Å². The highest BCUT2D eigenvalue weighted by atomic mass is 16.5. The lowest BCUT2D eigenvalue weighted by molar-refractivity contribution is -0.138. The van der Waals surface area contributed by atoms with Crippen LogP contribution in [0.25, 0.3) is 11.4 Å². The van der Waals surface area contributed by atoms with Crippen LogP contribution in [0.1, 0.15) is 24.8 Å². The van der Waals surface area contributed by atoms with E-state index in [1.165, 1.54) is 4.90 Å². The average Bonchev–Trinajstić information content (AvgIpc) is 3.20. The smallest absolute Gasteiger partial charge is 0.263 e. The molecule has 1 atom stereocenters. The van der Waals surface area contributed by atoms with Gasteiger partial charge < -0.3 is 18.9 Å². The molecular formula is C22H25N3O4. The molecule has 0 saturated heterocycles. The zero-order valence-electron chi connectivity index (χ0n) is 17.1. The molecule has 29 heavy (non-hydrogen) atoms. The molecule has 2 aromatic carbocycles. The predicted octanol–water partition coefficient (Wildman–Crippen LogP) is 3.87. The summed E-state index contributed by atoms with van der Waals surface area (Å²) in [6, 6.07) is 15.0. The van der Waals surface area contributed by atoms with Gasteiger partial charge in [0.1, 0.15) is 11.5 Å². The van der Waals surface area contributed by atoms with E-state index in [0.29, 0.717) is 29.6 Å². The van der Waals surface area contributed by atoms with E-state index in [1.807, 2.05) is 62.4 Å². The SMILES string of the molecule is CC[C@H](Oc1cccc(C)c1)C(=O)N(C)Cc1nc(-c2cccc(OC)c2)no1. The van der Waals surface area contributed by atoms with Crippen molar-refractivity contribution >= 4 is 5.91 Å². The fraction of sp³-hybridized carbons (Fsp3) is 0.318. The molecule has 3 aromatic rings. The lowest BCUT2D eigenvalue weighted by atomic mass is 10.2. The second kappa shape index (κ2) is 9.23. The maximum atomic E-state index is 12.8. The maximum Gasteiger partial charge on any atom is 0.263 e. The van der Waals surface area contributed by atoms with E-state index >= 15 is 0 Å². The minimum atomic E-state index is -0.581. The van der Waals surface area contributed by atoms with Crippen molar-refractivity contribution < 1.29 is 18.8 Å². The molecule has 7 heteroatoms. The molecule has 0 bridgehead atoms. The maximum absolute atomic E-state index is 12.8. The first kappa shape index (κ1) is 20.4. The standard InChI is InChI=1S/C22H25N3O4/c1-5-19(28-18-11-6-8-15(2)12-18)22(26)25(3)14-20-23-21(24-29-20)16-9-7-10-17(13-16)27-4/h6-13,19H,5,14H2,1-4H3/t19-/m0/s1. The molecule has 0 aliphatic rings. The Kier molecular flexibility index (Phi) is 6.49. The summed E-state index contributed by atoms with van der Waals surface area (Å²) in [6.07, 6.45) is -0.0294. The Balaban J connectivity index is 1.66. The number of rotatable bonds is 8. The summed E-state index contributed by atoms with van der Waals surface area (Å²) < 4.78 is 16.4. The highest BCUT2D eigenvalue weighted by molar-refractivity contribution is 5.81. The number of methoxy groups -OCH3 is 1. The summed E-state index contributed by atoms with van der Waals surface area (Å²) in [5.74, 6) is 2.04. The quantitative estimate of drug-likeness (QED) is 0.576. The molecule has 1 amide bonds.